The first-order valence-corrected chi connectivity index (χ1v) is 9.98. The van der Waals surface area contributed by atoms with Crippen LogP contribution in [0.4, 0.5) is 35.5 Å². The van der Waals surface area contributed by atoms with E-state index in [1.54, 1.807) is 0 Å². The van der Waals surface area contributed by atoms with Crippen molar-refractivity contribution in [2.45, 2.75) is 30.7 Å². The lowest BCUT2D eigenvalue weighted by molar-refractivity contribution is -0.143. The third-order valence-corrected chi connectivity index (χ3v) is 5.80. The van der Waals surface area contributed by atoms with Crippen molar-refractivity contribution >= 4 is 12.0 Å². The van der Waals surface area contributed by atoms with E-state index in [1.807, 2.05) is 0 Å². The zero-order valence-corrected chi connectivity index (χ0v) is 17.6. The second kappa shape index (κ2) is 9.15. The SMILES string of the molecule is CN(C(=O)c1cc(C(F)(F)F)cc(C(F)(F)F)c1)[C@@H]1CCN(C(=O)O)C[C@H]1c1ccc(F)cc1. The number of amides is 2. The van der Waals surface area contributed by atoms with E-state index >= 15 is 0 Å². The van der Waals surface area contributed by atoms with Crippen LogP contribution in [0.2, 0.25) is 0 Å². The smallest absolute Gasteiger partial charge is 0.416 e. The molecule has 2 aromatic rings. The summed E-state index contributed by atoms with van der Waals surface area (Å²) >= 11 is 0. The zero-order valence-electron chi connectivity index (χ0n) is 17.6. The average molecular weight is 492 g/mol. The van der Waals surface area contributed by atoms with Crippen molar-refractivity contribution in [2.24, 2.45) is 0 Å². The summed E-state index contributed by atoms with van der Waals surface area (Å²) in [5.41, 5.74) is -3.56. The van der Waals surface area contributed by atoms with Gasteiger partial charge in [-0.25, -0.2) is 9.18 Å². The highest BCUT2D eigenvalue weighted by atomic mass is 19.4. The fourth-order valence-electron chi connectivity index (χ4n) is 4.05. The molecule has 0 radical (unpaired) electrons. The number of hydrogen-bond acceptors (Lipinski definition) is 2. The van der Waals surface area contributed by atoms with Crippen LogP contribution < -0.4 is 0 Å². The van der Waals surface area contributed by atoms with Crippen LogP contribution in [0.1, 0.15) is 39.4 Å². The Morgan fingerprint density at radius 2 is 1.50 bits per heavy atom. The Kier molecular flexibility index (Phi) is 6.81. The summed E-state index contributed by atoms with van der Waals surface area (Å²) in [6.45, 7) is -0.106. The molecule has 1 fully saturated rings. The van der Waals surface area contributed by atoms with Crippen LogP contribution in [0.5, 0.6) is 0 Å². The Morgan fingerprint density at radius 1 is 0.971 bits per heavy atom. The average Bonchev–Trinajstić information content (AvgIpc) is 2.76. The molecule has 1 aliphatic heterocycles. The van der Waals surface area contributed by atoms with Gasteiger partial charge in [0.2, 0.25) is 0 Å². The standard InChI is InChI=1S/C22H19F7N2O3/c1-30(19(32)13-8-14(21(24,25)26)10-15(9-13)22(27,28)29)18-6-7-31(20(33)34)11-17(18)12-2-4-16(23)5-3-12/h2-5,8-10,17-18H,6-7,11H2,1H3,(H,33,34)/t17-,18+/m0/s1. The van der Waals surface area contributed by atoms with E-state index in [0.717, 1.165) is 21.9 Å². The van der Waals surface area contributed by atoms with Crippen LogP contribution in [0.15, 0.2) is 42.5 Å². The van der Waals surface area contributed by atoms with Gasteiger partial charge in [-0.2, -0.15) is 26.3 Å². The number of benzene rings is 2. The Balaban J connectivity index is 1.99. The molecular formula is C22H19F7N2O3. The lowest BCUT2D eigenvalue weighted by atomic mass is 9.85. The quantitative estimate of drug-likeness (QED) is 0.578. The van der Waals surface area contributed by atoms with Crippen molar-refractivity contribution in [2.75, 3.05) is 20.1 Å². The van der Waals surface area contributed by atoms with Gasteiger partial charge in [0.25, 0.3) is 5.91 Å². The highest BCUT2D eigenvalue weighted by molar-refractivity contribution is 5.95. The highest BCUT2D eigenvalue weighted by Crippen LogP contribution is 2.37. The number of likely N-dealkylation sites (N-methyl/N-ethyl adjacent to an activating group) is 1. The number of alkyl halides is 6. The number of piperidine rings is 1. The number of carboxylic acid groups (broad SMARTS) is 1. The predicted octanol–water partition coefficient (Wildman–Crippen LogP) is 5.47. The molecule has 3 rings (SSSR count). The van der Waals surface area contributed by atoms with E-state index in [-0.39, 0.29) is 25.6 Å². The van der Waals surface area contributed by atoms with Gasteiger partial charge < -0.3 is 14.9 Å². The Morgan fingerprint density at radius 3 is 1.97 bits per heavy atom. The molecule has 2 atom stereocenters. The van der Waals surface area contributed by atoms with Crippen molar-refractivity contribution < 1.29 is 45.4 Å². The van der Waals surface area contributed by atoms with Gasteiger partial charge in [0, 0.05) is 37.7 Å². The zero-order chi connectivity index (χ0) is 25.4. The minimum Gasteiger partial charge on any atom is -0.465 e. The molecule has 0 unspecified atom stereocenters. The van der Waals surface area contributed by atoms with Crippen LogP contribution in [0.3, 0.4) is 0 Å². The predicted molar refractivity (Wildman–Crippen MR) is 106 cm³/mol. The number of hydrogen-bond donors (Lipinski definition) is 1. The molecule has 34 heavy (non-hydrogen) atoms. The maximum Gasteiger partial charge on any atom is 0.416 e. The lowest BCUT2D eigenvalue weighted by Gasteiger charge is -2.42. The molecule has 1 aliphatic rings. The summed E-state index contributed by atoms with van der Waals surface area (Å²) in [5, 5.41) is 9.34. The van der Waals surface area contributed by atoms with E-state index in [1.165, 1.54) is 19.2 Å². The molecule has 0 bridgehead atoms. The molecule has 184 valence electrons. The summed E-state index contributed by atoms with van der Waals surface area (Å²) < 4.78 is 92.6. The molecule has 0 saturated carbocycles. The van der Waals surface area contributed by atoms with E-state index in [9.17, 15) is 45.4 Å². The van der Waals surface area contributed by atoms with Gasteiger partial charge in [-0.3, -0.25) is 4.79 Å². The van der Waals surface area contributed by atoms with Gasteiger partial charge in [-0.1, -0.05) is 12.1 Å². The minimum atomic E-state index is -5.11. The second-order valence-electron chi connectivity index (χ2n) is 7.95. The third kappa shape index (κ3) is 5.42. The number of carbonyl (C=O) groups is 2. The van der Waals surface area contributed by atoms with Gasteiger partial charge >= 0.3 is 18.4 Å². The Labute approximate surface area is 189 Å². The Bertz CT molecular complexity index is 1040. The summed E-state index contributed by atoms with van der Waals surface area (Å²) in [5.74, 6) is -2.33. The van der Waals surface area contributed by atoms with Crippen LogP contribution in [0, 0.1) is 5.82 Å². The van der Waals surface area contributed by atoms with E-state index in [4.69, 9.17) is 0 Å². The molecular weight excluding hydrogens is 473 g/mol. The Hall–Kier alpha value is -3.31. The van der Waals surface area contributed by atoms with Gasteiger partial charge in [-0.15, -0.1) is 0 Å². The first-order valence-electron chi connectivity index (χ1n) is 9.98. The van der Waals surface area contributed by atoms with Crippen molar-refractivity contribution in [3.63, 3.8) is 0 Å². The number of likely N-dealkylation sites (tertiary alicyclic amines) is 1. The monoisotopic (exact) mass is 492 g/mol. The van der Waals surface area contributed by atoms with Crippen LogP contribution in [0.25, 0.3) is 0 Å². The van der Waals surface area contributed by atoms with Crippen LogP contribution >= 0.6 is 0 Å². The molecule has 12 heteroatoms. The second-order valence-corrected chi connectivity index (χ2v) is 7.95. The van der Waals surface area contributed by atoms with E-state index in [2.05, 4.69) is 0 Å². The van der Waals surface area contributed by atoms with Gasteiger partial charge in [0.15, 0.2) is 0 Å². The van der Waals surface area contributed by atoms with Crippen molar-refractivity contribution in [3.05, 3.63) is 70.5 Å². The lowest BCUT2D eigenvalue weighted by Crippen LogP contribution is -2.51. The molecule has 0 aromatic heterocycles. The summed E-state index contributed by atoms with van der Waals surface area (Å²) in [7, 11) is 1.23. The van der Waals surface area contributed by atoms with Crippen LogP contribution in [-0.2, 0) is 12.4 Å². The van der Waals surface area contributed by atoms with Crippen LogP contribution in [-0.4, -0.2) is 53.1 Å². The van der Waals surface area contributed by atoms with Crippen molar-refractivity contribution in [1.82, 2.24) is 9.80 Å². The number of nitrogens with zero attached hydrogens (tertiary/aromatic N) is 2. The fourth-order valence-corrected chi connectivity index (χ4v) is 4.05. The number of halogens is 7. The fraction of sp³-hybridized carbons (Fsp3) is 0.364. The third-order valence-electron chi connectivity index (χ3n) is 5.80. The summed E-state index contributed by atoms with van der Waals surface area (Å²) in [6.07, 6.45) is -11.4. The summed E-state index contributed by atoms with van der Waals surface area (Å²) in [6, 6.07) is 4.93. The van der Waals surface area contributed by atoms with Gasteiger partial charge in [0.05, 0.1) is 11.1 Å². The molecule has 2 aromatic carbocycles. The molecule has 5 nitrogen and oxygen atoms in total. The van der Waals surface area contributed by atoms with E-state index < -0.39 is 58.8 Å². The maximum atomic E-state index is 13.4. The largest absolute Gasteiger partial charge is 0.465 e. The van der Waals surface area contributed by atoms with Crippen molar-refractivity contribution in [1.29, 1.82) is 0 Å². The van der Waals surface area contributed by atoms with Crippen molar-refractivity contribution in [3.8, 4) is 0 Å². The number of rotatable bonds is 3. The van der Waals surface area contributed by atoms with Gasteiger partial charge in [0.1, 0.15) is 5.82 Å². The first kappa shape index (κ1) is 25.3. The minimum absolute atomic E-state index is 0.00823. The number of carbonyl (C=O) groups excluding carboxylic acids is 1. The molecule has 1 N–H and O–H groups in total. The van der Waals surface area contributed by atoms with Gasteiger partial charge in [-0.05, 0) is 42.3 Å². The topological polar surface area (TPSA) is 60.9 Å². The molecule has 0 aliphatic carbocycles. The molecule has 0 spiro atoms. The molecule has 1 heterocycles. The maximum absolute atomic E-state index is 13.4. The molecule has 2 amide bonds. The summed E-state index contributed by atoms with van der Waals surface area (Å²) in [4.78, 5) is 26.6. The normalized spacial score (nSPS) is 19.1. The van der Waals surface area contributed by atoms with E-state index in [0.29, 0.717) is 17.7 Å². The first-order chi connectivity index (χ1) is 15.7. The highest BCUT2D eigenvalue weighted by Gasteiger charge is 2.40. The molecule has 1 saturated heterocycles.